The number of aromatic nitrogens is 1. The molecule has 5 rings (SSSR count). The van der Waals surface area contributed by atoms with Crippen molar-refractivity contribution in [3.8, 4) is 0 Å². The first-order valence-electron chi connectivity index (χ1n) is 17.0. The zero-order valence-electron chi connectivity index (χ0n) is 29.0. The third-order valence-electron chi connectivity index (χ3n) is 11.3. The van der Waals surface area contributed by atoms with Crippen LogP contribution in [0.5, 0.6) is 0 Å². The molecule has 0 radical (unpaired) electrons. The van der Waals surface area contributed by atoms with Gasteiger partial charge in [0, 0.05) is 22.6 Å². The summed E-state index contributed by atoms with van der Waals surface area (Å²) < 4.78 is 4.94. The number of benzene rings is 1. The summed E-state index contributed by atoms with van der Waals surface area (Å²) in [6, 6.07) is 14.0. The number of hydrogen-bond donors (Lipinski definition) is 0. The molecule has 0 amide bonds. The number of rotatable bonds is 6. The standard InChI is InChI=1S/C14H28N.C14H22N.C9H16NS/c1-12(2)14-7-5-9-15(11-14,13(3)4)10-6-8-14;1-11(2)15(12(3)4)9-13-7-5-6-8-14(13)10-15;1-7(2)9-5-6-10(11-9)8(3)4/h12-13H,5-11H2,1-4H3;5-8,11-12H,9-10H2,1-4H3;5-8H,1-4H3/q3*+1. The molecule has 0 N–H and O–H groups in total. The molecule has 2 fully saturated rings. The molecule has 4 heterocycles. The first-order valence-corrected chi connectivity index (χ1v) is 17.8. The van der Waals surface area contributed by atoms with Gasteiger partial charge in [-0.3, -0.25) is 0 Å². The fourth-order valence-electron chi connectivity index (χ4n) is 7.92. The van der Waals surface area contributed by atoms with Gasteiger partial charge in [0.15, 0.2) is 12.2 Å². The Labute approximate surface area is 259 Å². The third-order valence-corrected chi connectivity index (χ3v) is 12.9. The molecule has 2 saturated heterocycles. The van der Waals surface area contributed by atoms with Crippen molar-refractivity contribution in [1.29, 1.82) is 0 Å². The van der Waals surface area contributed by atoms with Crippen LogP contribution in [-0.4, -0.2) is 46.7 Å². The Morgan fingerprint density at radius 2 is 1.22 bits per heavy atom. The van der Waals surface area contributed by atoms with E-state index in [0.717, 1.165) is 12.0 Å². The lowest BCUT2D eigenvalue weighted by Gasteiger charge is -2.57. The molecule has 3 aliphatic rings. The van der Waals surface area contributed by atoms with Gasteiger partial charge in [0.1, 0.15) is 24.6 Å². The van der Waals surface area contributed by atoms with Crippen LogP contribution in [0.1, 0.15) is 137 Å². The molecule has 0 spiro atoms. The molecule has 0 unspecified atom stereocenters. The van der Waals surface area contributed by atoms with Crippen LogP contribution in [0.15, 0.2) is 36.5 Å². The van der Waals surface area contributed by atoms with Gasteiger partial charge in [-0.25, -0.2) is 0 Å². The Balaban J connectivity index is 0.000000172. The molecule has 4 heteroatoms. The number of fused-ring (bicyclic) bond motifs is 3. The maximum Gasteiger partial charge on any atom is 0.184 e. The highest BCUT2D eigenvalue weighted by molar-refractivity contribution is 7.01. The molecule has 3 nitrogen and oxygen atoms in total. The Hall–Kier alpha value is -1.23. The minimum absolute atomic E-state index is 0.604. The molecule has 1 aromatic carbocycles. The van der Waals surface area contributed by atoms with Crippen LogP contribution in [0.4, 0.5) is 0 Å². The molecule has 3 aliphatic heterocycles. The third kappa shape index (κ3) is 7.65. The molecule has 2 aromatic rings. The van der Waals surface area contributed by atoms with E-state index in [-0.39, 0.29) is 0 Å². The lowest BCUT2D eigenvalue weighted by atomic mass is 9.65. The Morgan fingerprint density at radius 1 is 0.707 bits per heavy atom. The summed E-state index contributed by atoms with van der Waals surface area (Å²) in [7, 11) is 0. The predicted octanol–water partition coefficient (Wildman–Crippen LogP) is 9.52. The summed E-state index contributed by atoms with van der Waals surface area (Å²) in [6.45, 7) is 34.9. The van der Waals surface area contributed by atoms with Crippen LogP contribution in [0.2, 0.25) is 0 Å². The van der Waals surface area contributed by atoms with Crippen molar-refractivity contribution < 1.29 is 12.9 Å². The topological polar surface area (TPSA) is 3.88 Å². The molecule has 0 atom stereocenters. The lowest BCUT2D eigenvalue weighted by Crippen LogP contribution is -2.65. The largest absolute Gasteiger partial charge is 0.321 e. The summed E-state index contributed by atoms with van der Waals surface area (Å²) in [5, 5.41) is 0. The molecule has 41 heavy (non-hydrogen) atoms. The second kappa shape index (κ2) is 14.0. The number of quaternary nitrogens is 2. The van der Waals surface area contributed by atoms with Crippen molar-refractivity contribution in [2.24, 2.45) is 11.3 Å². The van der Waals surface area contributed by atoms with Gasteiger partial charge >= 0.3 is 0 Å². The van der Waals surface area contributed by atoms with Crippen molar-refractivity contribution in [2.75, 3.05) is 19.6 Å². The summed E-state index contributed by atoms with van der Waals surface area (Å²) >= 11 is 1.87. The SMILES string of the molecule is CC(C)C12CCC[N+](C(C)C)(CCC1)C2.CC(C)[N+]1(C(C)C)Cc2ccccc2C1.CC(C)c1cc[n+](C(C)C)s1. The fraction of sp³-hybridized carbons (Fsp3) is 0.757. The number of piperidine rings is 2. The molecule has 0 saturated carbocycles. The second-order valence-electron chi connectivity index (χ2n) is 15.4. The Kier molecular flexibility index (Phi) is 11.7. The van der Waals surface area contributed by atoms with Crippen LogP contribution in [0.25, 0.3) is 0 Å². The highest BCUT2D eigenvalue weighted by atomic mass is 32.1. The summed E-state index contributed by atoms with van der Waals surface area (Å²) in [5.74, 6) is 1.55. The zero-order valence-corrected chi connectivity index (χ0v) is 29.9. The van der Waals surface area contributed by atoms with E-state index >= 15 is 0 Å². The maximum atomic E-state index is 2.45. The van der Waals surface area contributed by atoms with Crippen molar-refractivity contribution in [3.05, 3.63) is 52.5 Å². The molecular weight excluding hydrogens is 518 g/mol. The first kappa shape index (κ1) is 34.3. The van der Waals surface area contributed by atoms with Crippen LogP contribution < -0.4 is 3.96 Å². The van der Waals surface area contributed by atoms with Crippen molar-refractivity contribution in [2.45, 2.75) is 152 Å². The van der Waals surface area contributed by atoms with Gasteiger partial charge in [-0.2, -0.15) is 0 Å². The van der Waals surface area contributed by atoms with Crippen molar-refractivity contribution in [3.63, 3.8) is 0 Å². The van der Waals surface area contributed by atoms with Crippen LogP contribution in [0.3, 0.4) is 0 Å². The molecule has 0 aliphatic carbocycles. The fourth-order valence-corrected chi connectivity index (χ4v) is 8.83. The average molecular weight is 585 g/mol. The molecular formula is C37H66N3S+3. The molecule has 1 aromatic heterocycles. The minimum atomic E-state index is 0.604. The van der Waals surface area contributed by atoms with E-state index in [1.807, 2.05) is 11.5 Å². The van der Waals surface area contributed by atoms with E-state index in [4.69, 9.17) is 0 Å². The summed E-state index contributed by atoms with van der Waals surface area (Å²) in [4.78, 5) is 1.47. The van der Waals surface area contributed by atoms with Gasteiger partial charge in [0.2, 0.25) is 0 Å². The van der Waals surface area contributed by atoms with Crippen LogP contribution in [0, 0.1) is 11.3 Å². The zero-order chi connectivity index (χ0) is 30.6. The lowest BCUT2D eigenvalue weighted by molar-refractivity contribution is -0.985. The quantitative estimate of drug-likeness (QED) is 0.235. The highest BCUT2D eigenvalue weighted by Gasteiger charge is 2.50. The molecule has 2 bridgehead atoms. The Bertz CT molecular complexity index is 988. The van der Waals surface area contributed by atoms with Gasteiger partial charge in [-0.15, -0.1) is 3.96 Å². The van der Waals surface area contributed by atoms with Gasteiger partial charge in [-0.05, 0) is 92.9 Å². The van der Waals surface area contributed by atoms with E-state index in [1.165, 1.54) is 72.3 Å². The summed E-state index contributed by atoms with van der Waals surface area (Å²) in [5.41, 5.74) is 3.81. The van der Waals surface area contributed by atoms with Crippen LogP contribution in [-0.2, 0) is 13.1 Å². The molecule has 232 valence electrons. The van der Waals surface area contributed by atoms with Gasteiger partial charge in [-0.1, -0.05) is 52.0 Å². The van der Waals surface area contributed by atoms with E-state index < -0.39 is 0 Å². The van der Waals surface area contributed by atoms with E-state index in [2.05, 4.69) is 124 Å². The van der Waals surface area contributed by atoms with Crippen LogP contribution >= 0.6 is 11.5 Å². The summed E-state index contributed by atoms with van der Waals surface area (Å²) in [6.07, 6.45) is 8.10. The van der Waals surface area contributed by atoms with Crippen molar-refractivity contribution >= 4 is 11.5 Å². The second-order valence-corrected chi connectivity index (χ2v) is 16.5. The highest BCUT2D eigenvalue weighted by Crippen LogP contribution is 2.48. The van der Waals surface area contributed by atoms with Gasteiger partial charge < -0.3 is 8.97 Å². The normalized spacial score (nSPS) is 24.9. The first-order chi connectivity index (χ1) is 19.2. The Morgan fingerprint density at radius 3 is 1.56 bits per heavy atom. The van der Waals surface area contributed by atoms with E-state index in [9.17, 15) is 0 Å². The van der Waals surface area contributed by atoms with E-state index in [0.29, 0.717) is 29.5 Å². The monoisotopic (exact) mass is 584 g/mol. The minimum Gasteiger partial charge on any atom is -0.321 e. The van der Waals surface area contributed by atoms with Gasteiger partial charge in [0.25, 0.3) is 0 Å². The average Bonchev–Trinajstić information content (AvgIpc) is 3.56. The number of nitrogens with zero attached hydrogens (tertiary/aromatic N) is 3. The van der Waals surface area contributed by atoms with Crippen molar-refractivity contribution in [1.82, 2.24) is 0 Å². The predicted molar refractivity (Wildman–Crippen MR) is 179 cm³/mol. The van der Waals surface area contributed by atoms with Gasteiger partial charge in [0.05, 0.1) is 42.6 Å². The number of hydrogen-bond acceptors (Lipinski definition) is 1. The van der Waals surface area contributed by atoms with E-state index in [1.54, 1.807) is 11.1 Å². The maximum absolute atomic E-state index is 2.45. The smallest absolute Gasteiger partial charge is 0.184 e.